The van der Waals surface area contributed by atoms with Crippen molar-refractivity contribution in [1.29, 1.82) is 0 Å². The second-order valence-corrected chi connectivity index (χ2v) is 8.56. The summed E-state index contributed by atoms with van der Waals surface area (Å²) < 4.78 is 69.4. The van der Waals surface area contributed by atoms with Gasteiger partial charge in [-0.1, -0.05) is 0 Å². The number of amides is 2. The number of hydrogen-bond acceptors (Lipinski definition) is 7. The zero-order valence-electron chi connectivity index (χ0n) is 22.8. The molecule has 0 aromatic carbocycles. The van der Waals surface area contributed by atoms with Gasteiger partial charge < -0.3 is 25.3 Å². The molecule has 37 heavy (non-hydrogen) atoms. The minimum Gasteiger partial charge on any atom is -0.383 e. The zero-order valence-corrected chi connectivity index (χ0v) is 19.8. The van der Waals surface area contributed by atoms with E-state index in [-0.39, 0.29) is 58.6 Å². The summed E-state index contributed by atoms with van der Waals surface area (Å²) in [6.45, 7) is -1.63. The van der Waals surface area contributed by atoms with Crippen molar-refractivity contribution in [3.8, 4) is 0 Å². The predicted octanol–water partition coefficient (Wildman–Crippen LogP) is 2.81. The number of carbonyl (C=O) groups excluding carboxylic acids is 2. The van der Waals surface area contributed by atoms with Crippen molar-refractivity contribution in [3.05, 3.63) is 40.6 Å². The molecule has 1 saturated carbocycles. The smallest absolute Gasteiger partial charge is 0.383 e. The molecule has 3 N–H and O–H groups in total. The van der Waals surface area contributed by atoms with Gasteiger partial charge >= 0.3 is 6.18 Å². The fraction of sp³-hybridized carbons (Fsp3) is 0.435. The van der Waals surface area contributed by atoms with Gasteiger partial charge in [0.15, 0.2) is 0 Å². The fourth-order valence-electron chi connectivity index (χ4n) is 3.70. The van der Waals surface area contributed by atoms with Gasteiger partial charge in [-0.3, -0.25) is 14.4 Å². The van der Waals surface area contributed by atoms with Crippen LogP contribution in [0.1, 0.15) is 40.3 Å². The number of nitrogens with zero attached hydrogens (tertiary/aromatic N) is 4. The van der Waals surface area contributed by atoms with Crippen LogP contribution in [0.5, 0.6) is 0 Å². The van der Waals surface area contributed by atoms with E-state index < -0.39 is 30.7 Å². The van der Waals surface area contributed by atoms with E-state index in [4.69, 9.17) is 8.85 Å². The number of ether oxygens (including phenoxy) is 1. The fourth-order valence-corrected chi connectivity index (χ4v) is 3.70. The first kappa shape index (κ1) is 22.3. The first-order chi connectivity index (χ1) is 18.7. The Kier molecular flexibility index (Phi) is 6.14. The molecule has 4 rings (SSSR count). The molecule has 1 aliphatic rings. The number of aromatic nitrogens is 4. The van der Waals surface area contributed by atoms with Crippen LogP contribution in [0.15, 0.2) is 29.5 Å². The molecular weight excluding hydrogens is 495 g/mol. The summed E-state index contributed by atoms with van der Waals surface area (Å²) in [7, 11) is 1.45. The number of anilines is 3. The first-order valence-corrected chi connectivity index (χ1v) is 11.3. The molecule has 0 saturated heterocycles. The van der Waals surface area contributed by atoms with Crippen molar-refractivity contribution in [1.82, 2.24) is 24.6 Å². The molecule has 3 aromatic rings. The molecule has 1 fully saturated rings. The summed E-state index contributed by atoms with van der Waals surface area (Å²) in [6, 6.07) is -0.962. The Bertz CT molecular complexity index is 1500. The molecule has 198 valence electrons. The van der Waals surface area contributed by atoms with Crippen molar-refractivity contribution in [2.45, 2.75) is 38.5 Å². The number of pyridine rings is 1. The molecule has 1 aliphatic carbocycles. The van der Waals surface area contributed by atoms with Crippen LogP contribution in [-0.4, -0.2) is 58.0 Å². The lowest BCUT2D eigenvalue weighted by Gasteiger charge is -2.17. The van der Waals surface area contributed by atoms with Crippen molar-refractivity contribution < 1.29 is 31.6 Å². The third kappa shape index (κ3) is 5.43. The summed E-state index contributed by atoms with van der Waals surface area (Å²) in [6.07, 6.45) is 0.277. The highest BCUT2D eigenvalue weighted by Crippen LogP contribution is 2.33. The number of nitrogens with one attached hydrogen (secondary N) is 3. The van der Waals surface area contributed by atoms with Crippen LogP contribution in [0.3, 0.4) is 0 Å². The van der Waals surface area contributed by atoms with E-state index in [0.717, 1.165) is 19.3 Å². The lowest BCUT2D eigenvalue weighted by atomic mass is 10.2. The van der Waals surface area contributed by atoms with E-state index in [1.807, 2.05) is 5.32 Å². The number of halogens is 3. The zero-order chi connectivity index (χ0) is 29.4. The Hall–Kier alpha value is -3.94. The molecule has 2 amide bonds. The van der Waals surface area contributed by atoms with E-state index >= 15 is 0 Å². The van der Waals surface area contributed by atoms with Gasteiger partial charge in [-0.25, -0.2) is 9.67 Å². The maximum Gasteiger partial charge on any atom is 0.410 e. The largest absolute Gasteiger partial charge is 0.410 e. The van der Waals surface area contributed by atoms with Gasteiger partial charge in [0.25, 0.3) is 11.5 Å². The molecule has 11 nitrogen and oxygen atoms in total. The number of hydrogen-bond donors (Lipinski definition) is 3. The van der Waals surface area contributed by atoms with Gasteiger partial charge in [0, 0.05) is 49.1 Å². The van der Waals surface area contributed by atoms with Gasteiger partial charge in [0.2, 0.25) is 5.91 Å². The highest BCUT2D eigenvalue weighted by molar-refractivity contribution is 6.03. The van der Waals surface area contributed by atoms with E-state index in [2.05, 4.69) is 20.7 Å². The lowest BCUT2D eigenvalue weighted by Crippen LogP contribution is -2.34. The normalized spacial score (nSPS) is 16.0. The van der Waals surface area contributed by atoms with Crippen LogP contribution in [0.4, 0.5) is 30.4 Å². The highest BCUT2D eigenvalue weighted by atomic mass is 19.4. The maximum atomic E-state index is 13.5. The van der Waals surface area contributed by atoms with Crippen molar-refractivity contribution in [3.63, 3.8) is 0 Å². The van der Waals surface area contributed by atoms with Gasteiger partial charge in [0.05, 0.1) is 40.6 Å². The first-order valence-electron chi connectivity index (χ1n) is 12.8. The Balaban J connectivity index is 1.84. The second-order valence-electron chi connectivity index (χ2n) is 8.56. The van der Waals surface area contributed by atoms with Crippen molar-refractivity contribution >= 4 is 39.9 Å². The molecule has 1 atom stereocenters. The lowest BCUT2D eigenvalue weighted by molar-refractivity contribution is -0.166. The third-order valence-corrected chi connectivity index (χ3v) is 5.95. The number of alkyl halides is 3. The van der Waals surface area contributed by atoms with Crippen LogP contribution >= 0.6 is 0 Å². The standard InChI is InChI=1S/C23H26F3N7O4/c1-12(23(24,25)26)33-22(36)19-16(11-32(6-7-37-3)17(19)10-29-33)30-15-8-18(31-20(34)13-4-5-13)28-9-14(15)21(35)27-2/h8-13H,4-7H2,1-3H3,(H,27,35)(H2,28,30,31,34)/t12-/m1/s1/i2D3. The minimum absolute atomic E-state index is 0.00947. The SMILES string of the molecule is [2H]C([2H])([2H])NC(=O)c1cnc(NC(=O)C2CC2)cc1Nc1cn(CCOC)c2cnn([C@H](C)C(F)(F)F)c(=O)c12. The van der Waals surface area contributed by atoms with Crippen molar-refractivity contribution in [2.75, 3.05) is 31.3 Å². The average Bonchev–Trinajstić information content (AvgIpc) is 3.64. The minimum atomic E-state index is -4.75. The second kappa shape index (κ2) is 10.2. The molecule has 3 aromatic heterocycles. The highest BCUT2D eigenvalue weighted by Gasteiger charge is 2.39. The molecular formula is C23H26F3N7O4. The molecule has 3 heterocycles. The topological polar surface area (TPSA) is 132 Å². The summed E-state index contributed by atoms with van der Waals surface area (Å²) >= 11 is 0. The number of carbonyl (C=O) groups is 2. The number of rotatable bonds is 9. The summed E-state index contributed by atoms with van der Waals surface area (Å²) in [5, 5.41) is 10.9. The Morgan fingerprint density at radius 2 is 2.05 bits per heavy atom. The maximum absolute atomic E-state index is 13.5. The Morgan fingerprint density at radius 3 is 2.70 bits per heavy atom. The summed E-state index contributed by atoms with van der Waals surface area (Å²) in [4.78, 5) is 42.4. The van der Waals surface area contributed by atoms with Crippen LogP contribution in [0.2, 0.25) is 0 Å². The van der Waals surface area contributed by atoms with Crippen LogP contribution in [-0.2, 0) is 16.1 Å². The van der Waals surface area contributed by atoms with Gasteiger partial charge in [0.1, 0.15) is 11.9 Å². The summed E-state index contributed by atoms with van der Waals surface area (Å²) in [5.74, 6) is -1.46. The predicted molar refractivity (Wildman–Crippen MR) is 129 cm³/mol. The van der Waals surface area contributed by atoms with Crippen LogP contribution < -0.4 is 21.5 Å². The molecule has 0 aliphatic heterocycles. The molecule has 0 unspecified atom stereocenters. The van der Waals surface area contributed by atoms with E-state index in [9.17, 15) is 27.6 Å². The average molecular weight is 525 g/mol. The molecule has 0 radical (unpaired) electrons. The van der Waals surface area contributed by atoms with Gasteiger partial charge in [-0.15, -0.1) is 0 Å². The molecule has 0 bridgehead atoms. The van der Waals surface area contributed by atoms with Crippen LogP contribution in [0, 0.1) is 5.92 Å². The monoisotopic (exact) mass is 524 g/mol. The Labute approximate surface area is 213 Å². The Morgan fingerprint density at radius 1 is 1.30 bits per heavy atom. The summed E-state index contributed by atoms with van der Waals surface area (Å²) in [5.41, 5.74) is -1.15. The van der Waals surface area contributed by atoms with Crippen molar-refractivity contribution in [2.24, 2.45) is 5.92 Å². The number of methoxy groups -OCH3 is 1. The van der Waals surface area contributed by atoms with E-state index in [0.29, 0.717) is 17.5 Å². The molecule has 0 spiro atoms. The third-order valence-electron chi connectivity index (χ3n) is 5.95. The molecule has 14 heteroatoms. The van der Waals surface area contributed by atoms with E-state index in [1.54, 1.807) is 0 Å². The quantitative estimate of drug-likeness (QED) is 0.392. The van der Waals surface area contributed by atoms with E-state index in [1.165, 1.54) is 23.9 Å². The number of fused-ring (bicyclic) bond motifs is 1. The van der Waals surface area contributed by atoms with Crippen LogP contribution in [0.25, 0.3) is 10.9 Å². The van der Waals surface area contributed by atoms with Gasteiger partial charge in [-0.2, -0.15) is 18.3 Å². The van der Waals surface area contributed by atoms with Gasteiger partial charge in [-0.05, 0) is 19.8 Å².